The number of likely N-dealkylation sites (tertiary alicyclic amines) is 1. The van der Waals surface area contributed by atoms with Crippen molar-refractivity contribution in [2.75, 3.05) is 36.4 Å². The molecule has 164 valence electrons. The number of anilines is 2. The molecule has 2 heterocycles. The number of carboxylic acids is 1. The highest BCUT2D eigenvalue weighted by Gasteiger charge is 2.26. The van der Waals surface area contributed by atoms with Crippen LogP contribution in [0.15, 0.2) is 42.5 Å². The standard InChI is InChI=1S/C24H28FN3O3/c25-18-6-4-17(5-7-18)23(29)26-22-9-8-20(16-21(22)24(30)31)28-14-10-19(11-15-28)27-12-2-1-3-13-27/h4-9,16,19H,1-3,10-15H2,(H,26,29)(H,30,31). The molecule has 31 heavy (non-hydrogen) atoms. The first kappa shape index (κ1) is 21.3. The number of hydrogen-bond donors (Lipinski definition) is 2. The molecule has 2 fully saturated rings. The molecule has 2 aromatic carbocycles. The van der Waals surface area contributed by atoms with Gasteiger partial charge in [0.25, 0.3) is 5.91 Å². The van der Waals surface area contributed by atoms with Crippen molar-refractivity contribution in [1.29, 1.82) is 0 Å². The molecule has 0 bridgehead atoms. The summed E-state index contributed by atoms with van der Waals surface area (Å²) in [6.07, 6.45) is 6.05. The van der Waals surface area contributed by atoms with E-state index >= 15 is 0 Å². The molecule has 0 spiro atoms. The minimum atomic E-state index is -1.10. The second-order valence-electron chi connectivity index (χ2n) is 8.31. The van der Waals surface area contributed by atoms with E-state index in [0.717, 1.165) is 31.6 Å². The van der Waals surface area contributed by atoms with Gasteiger partial charge in [0, 0.05) is 30.4 Å². The van der Waals surface area contributed by atoms with E-state index in [4.69, 9.17) is 0 Å². The number of nitrogens with zero attached hydrogens (tertiary/aromatic N) is 2. The van der Waals surface area contributed by atoms with Gasteiger partial charge in [-0.2, -0.15) is 0 Å². The van der Waals surface area contributed by atoms with Gasteiger partial charge in [0.1, 0.15) is 5.82 Å². The van der Waals surface area contributed by atoms with Crippen molar-refractivity contribution in [1.82, 2.24) is 4.90 Å². The molecule has 7 heteroatoms. The molecule has 2 N–H and O–H groups in total. The van der Waals surface area contributed by atoms with Gasteiger partial charge >= 0.3 is 5.97 Å². The number of carboxylic acid groups (broad SMARTS) is 1. The first-order valence-corrected chi connectivity index (χ1v) is 10.9. The second-order valence-corrected chi connectivity index (χ2v) is 8.31. The molecule has 2 aliphatic rings. The average molecular weight is 426 g/mol. The number of hydrogen-bond acceptors (Lipinski definition) is 4. The van der Waals surface area contributed by atoms with Crippen molar-refractivity contribution in [2.24, 2.45) is 0 Å². The Hall–Kier alpha value is -2.93. The Labute approximate surface area is 181 Å². The molecule has 0 atom stereocenters. The number of nitrogens with one attached hydrogen (secondary N) is 1. The van der Waals surface area contributed by atoms with E-state index in [-0.39, 0.29) is 16.8 Å². The summed E-state index contributed by atoms with van der Waals surface area (Å²) in [7, 11) is 0. The van der Waals surface area contributed by atoms with Gasteiger partial charge in [0.05, 0.1) is 11.3 Å². The molecule has 0 aliphatic carbocycles. The Balaban J connectivity index is 1.44. The summed E-state index contributed by atoms with van der Waals surface area (Å²) >= 11 is 0. The van der Waals surface area contributed by atoms with Crippen LogP contribution >= 0.6 is 0 Å². The lowest BCUT2D eigenvalue weighted by Gasteiger charge is -2.41. The monoisotopic (exact) mass is 425 g/mol. The van der Waals surface area contributed by atoms with Crippen molar-refractivity contribution < 1.29 is 19.1 Å². The van der Waals surface area contributed by atoms with Crippen LogP contribution in [0.25, 0.3) is 0 Å². The van der Waals surface area contributed by atoms with E-state index in [1.165, 1.54) is 56.6 Å². The van der Waals surface area contributed by atoms with Gasteiger partial charge in [-0.1, -0.05) is 6.42 Å². The van der Waals surface area contributed by atoms with E-state index in [1.54, 1.807) is 12.1 Å². The fourth-order valence-corrected chi connectivity index (χ4v) is 4.58. The maximum Gasteiger partial charge on any atom is 0.337 e. The first-order valence-electron chi connectivity index (χ1n) is 10.9. The fourth-order valence-electron chi connectivity index (χ4n) is 4.58. The number of amides is 1. The Kier molecular flexibility index (Phi) is 6.51. The molecule has 6 nitrogen and oxygen atoms in total. The normalized spacial score (nSPS) is 18.0. The molecule has 0 unspecified atom stereocenters. The summed E-state index contributed by atoms with van der Waals surface area (Å²) in [5.74, 6) is -2.01. The zero-order valence-corrected chi connectivity index (χ0v) is 17.5. The van der Waals surface area contributed by atoms with Crippen molar-refractivity contribution in [3.8, 4) is 0 Å². The Morgan fingerprint density at radius 1 is 0.935 bits per heavy atom. The van der Waals surface area contributed by atoms with Crippen molar-refractivity contribution in [3.63, 3.8) is 0 Å². The molecule has 0 radical (unpaired) electrons. The average Bonchev–Trinajstić information content (AvgIpc) is 2.80. The zero-order chi connectivity index (χ0) is 21.8. The Morgan fingerprint density at radius 2 is 1.61 bits per heavy atom. The van der Waals surface area contributed by atoms with Gasteiger partial charge in [0.2, 0.25) is 0 Å². The van der Waals surface area contributed by atoms with E-state index in [2.05, 4.69) is 15.1 Å². The summed E-state index contributed by atoms with van der Waals surface area (Å²) in [6.45, 7) is 4.16. The van der Waals surface area contributed by atoms with Crippen LogP contribution in [0.4, 0.5) is 15.8 Å². The van der Waals surface area contributed by atoms with E-state index in [0.29, 0.717) is 6.04 Å². The number of aromatic carboxylic acids is 1. The third kappa shape index (κ3) is 5.05. The third-order valence-electron chi connectivity index (χ3n) is 6.32. The molecule has 0 saturated carbocycles. The van der Waals surface area contributed by atoms with Crippen molar-refractivity contribution >= 4 is 23.3 Å². The number of benzene rings is 2. The summed E-state index contributed by atoms with van der Waals surface area (Å²) in [4.78, 5) is 29.1. The van der Waals surface area contributed by atoms with Gasteiger partial charge in [0.15, 0.2) is 0 Å². The molecule has 4 rings (SSSR count). The van der Waals surface area contributed by atoms with E-state index < -0.39 is 17.7 Å². The summed E-state index contributed by atoms with van der Waals surface area (Å²) in [5.41, 5.74) is 1.40. The molecule has 2 aliphatic heterocycles. The van der Waals surface area contributed by atoms with Gasteiger partial charge < -0.3 is 20.2 Å². The lowest BCUT2D eigenvalue weighted by molar-refractivity contribution is 0.0698. The second kappa shape index (κ2) is 9.47. The predicted molar refractivity (Wildman–Crippen MR) is 118 cm³/mol. The minimum absolute atomic E-state index is 0.0473. The van der Waals surface area contributed by atoms with Crippen LogP contribution in [0, 0.1) is 5.82 Å². The van der Waals surface area contributed by atoms with E-state index in [9.17, 15) is 19.1 Å². The lowest BCUT2D eigenvalue weighted by atomic mass is 9.99. The minimum Gasteiger partial charge on any atom is -0.478 e. The number of rotatable bonds is 5. The smallest absolute Gasteiger partial charge is 0.337 e. The quantitative estimate of drug-likeness (QED) is 0.750. The number of halogens is 1. The zero-order valence-electron chi connectivity index (χ0n) is 17.5. The van der Waals surface area contributed by atoms with Gasteiger partial charge in [-0.15, -0.1) is 0 Å². The molecule has 1 amide bonds. The maximum absolute atomic E-state index is 13.1. The number of carbonyl (C=O) groups is 2. The summed E-state index contributed by atoms with van der Waals surface area (Å²) in [5, 5.41) is 12.3. The third-order valence-corrected chi connectivity index (χ3v) is 6.32. The SMILES string of the molecule is O=C(Nc1ccc(N2CCC(N3CCCCC3)CC2)cc1C(=O)O)c1ccc(F)cc1. The summed E-state index contributed by atoms with van der Waals surface area (Å²) < 4.78 is 13.1. The largest absolute Gasteiger partial charge is 0.478 e. The van der Waals surface area contributed by atoms with Crippen LogP contribution in [-0.2, 0) is 0 Å². The van der Waals surface area contributed by atoms with Gasteiger partial charge in [-0.25, -0.2) is 9.18 Å². The van der Waals surface area contributed by atoms with Crippen LogP contribution < -0.4 is 10.2 Å². The van der Waals surface area contributed by atoms with Crippen molar-refractivity contribution in [2.45, 2.75) is 38.1 Å². The Bertz CT molecular complexity index is 934. The predicted octanol–water partition coefficient (Wildman–Crippen LogP) is 4.23. The van der Waals surface area contributed by atoms with Crippen LogP contribution in [0.2, 0.25) is 0 Å². The number of carbonyl (C=O) groups excluding carboxylic acids is 1. The highest BCUT2D eigenvalue weighted by Crippen LogP contribution is 2.28. The first-order chi connectivity index (χ1) is 15.0. The fraction of sp³-hybridized carbons (Fsp3) is 0.417. The maximum atomic E-state index is 13.1. The summed E-state index contributed by atoms with van der Waals surface area (Å²) in [6, 6.07) is 10.9. The topological polar surface area (TPSA) is 72.9 Å². The molecular weight excluding hydrogens is 397 g/mol. The van der Waals surface area contributed by atoms with Gasteiger partial charge in [-0.05, 0) is 81.2 Å². The van der Waals surface area contributed by atoms with Crippen LogP contribution in [-0.4, -0.2) is 54.1 Å². The highest BCUT2D eigenvalue weighted by atomic mass is 19.1. The number of piperidine rings is 2. The van der Waals surface area contributed by atoms with Crippen molar-refractivity contribution in [3.05, 3.63) is 59.4 Å². The molecule has 2 aromatic rings. The Morgan fingerprint density at radius 3 is 2.26 bits per heavy atom. The highest BCUT2D eigenvalue weighted by molar-refractivity contribution is 6.08. The van der Waals surface area contributed by atoms with Crippen LogP contribution in [0.5, 0.6) is 0 Å². The lowest BCUT2D eigenvalue weighted by Crippen LogP contribution is -2.46. The molecule has 0 aromatic heterocycles. The molecule has 2 saturated heterocycles. The molecular formula is C24H28FN3O3. The van der Waals surface area contributed by atoms with E-state index in [1.807, 2.05) is 6.07 Å². The van der Waals surface area contributed by atoms with Crippen LogP contribution in [0.1, 0.15) is 52.8 Å². The van der Waals surface area contributed by atoms with Crippen LogP contribution in [0.3, 0.4) is 0 Å². The van der Waals surface area contributed by atoms with Gasteiger partial charge in [-0.3, -0.25) is 4.79 Å².